The van der Waals surface area contributed by atoms with Crippen molar-refractivity contribution in [1.29, 1.82) is 0 Å². The quantitative estimate of drug-likeness (QED) is 0.368. The number of H-pyrrole nitrogens is 1. The van der Waals surface area contributed by atoms with Crippen molar-refractivity contribution in [3.05, 3.63) is 69.4 Å². The summed E-state index contributed by atoms with van der Waals surface area (Å²) in [5.74, 6) is -1.23. The molecule has 1 aliphatic rings. The van der Waals surface area contributed by atoms with E-state index in [1.165, 1.54) is 43.6 Å². The molecule has 1 unspecified atom stereocenters. The Kier molecular flexibility index (Phi) is 3.50. The Morgan fingerprint density at radius 2 is 2.00 bits per heavy atom. The van der Waals surface area contributed by atoms with Gasteiger partial charge in [0.05, 0.1) is 17.6 Å². The number of methoxy groups -OCH3 is 1. The maximum absolute atomic E-state index is 12.6. The van der Waals surface area contributed by atoms with E-state index in [-0.39, 0.29) is 16.8 Å². The number of amides is 1. The SMILES string of the molecule is COC(=O)c1ccc2c(C3(O)C(=O)Nc4ccc([N+](=O)[O-])cc43)c[nH]c2c1. The molecule has 2 heterocycles. The number of esters is 1. The highest BCUT2D eigenvalue weighted by molar-refractivity contribution is 6.10. The maximum atomic E-state index is 12.6. The van der Waals surface area contributed by atoms with E-state index >= 15 is 0 Å². The number of nitro groups is 1. The molecule has 0 bridgehead atoms. The number of aromatic nitrogens is 1. The molecular formula is C18H13N3O6. The van der Waals surface area contributed by atoms with Crippen molar-refractivity contribution >= 4 is 34.2 Å². The van der Waals surface area contributed by atoms with E-state index in [1.807, 2.05) is 0 Å². The van der Waals surface area contributed by atoms with Crippen LogP contribution in [-0.4, -0.2) is 34.0 Å². The number of non-ortho nitro benzene ring substituents is 1. The number of aromatic amines is 1. The van der Waals surface area contributed by atoms with Crippen molar-refractivity contribution in [2.45, 2.75) is 5.60 Å². The minimum Gasteiger partial charge on any atom is -0.465 e. The predicted molar refractivity (Wildman–Crippen MR) is 94.4 cm³/mol. The van der Waals surface area contributed by atoms with Crippen LogP contribution < -0.4 is 5.32 Å². The number of rotatable bonds is 3. The number of ether oxygens (including phenoxy) is 1. The van der Waals surface area contributed by atoms with Gasteiger partial charge in [-0.2, -0.15) is 0 Å². The number of anilines is 1. The van der Waals surface area contributed by atoms with E-state index in [1.54, 1.807) is 6.07 Å². The van der Waals surface area contributed by atoms with E-state index in [0.717, 1.165) is 0 Å². The van der Waals surface area contributed by atoms with Crippen molar-refractivity contribution < 1.29 is 24.4 Å². The number of fused-ring (bicyclic) bond motifs is 2. The summed E-state index contributed by atoms with van der Waals surface area (Å²) in [5.41, 5.74) is -0.910. The minimum atomic E-state index is -2.10. The predicted octanol–water partition coefficient (Wildman–Crippen LogP) is 2.05. The lowest BCUT2D eigenvalue weighted by atomic mass is 9.87. The van der Waals surface area contributed by atoms with Gasteiger partial charge in [0, 0.05) is 46.0 Å². The van der Waals surface area contributed by atoms with Crippen LogP contribution in [0.1, 0.15) is 21.5 Å². The number of aliphatic hydroxyl groups is 1. The van der Waals surface area contributed by atoms with Crippen LogP contribution in [-0.2, 0) is 15.1 Å². The molecule has 0 aliphatic carbocycles. The van der Waals surface area contributed by atoms with Crippen LogP contribution in [0.3, 0.4) is 0 Å². The van der Waals surface area contributed by atoms with Gasteiger partial charge < -0.3 is 20.1 Å². The van der Waals surface area contributed by atoms with Gasteiger partial charge >= 0.3 is 5.97 Å². The van der Waals surface area contributed by atoms with Gasteiger partial charge in [0.1, 0.15) is 0 Å². The number of nitro benzene ring substituents is 1. The highest BCUT2D eigenvalue weighted by atomic mass is 16.6. The molecule has 4 rings (SSSR count). The van der Waals surface area contributed by atoms with Crippen LogP contribution >= 0.6 is 0 Å². The molecule has 9 heteroatoms. The van der Waals surface area contributed by atoms with Gasteiger partial charge in [0.15, 0.2) is 5.60 Å². The number of nitrogens with one attached hydrogen (secondary N) is 2. The molecule has 0 spiro atoms. The summed E-state index contributed by atoms with van der Waals surface area (Å²) in [6.07, 6.45) is 1.44. The van der Waals surface area contributed by atoms with Crippen LogP contribution in [0, 0.1) is 10.1 Å². The minimum absolute atomic E-state index is 0.0969. The summed E-state index contributed by atoms with van der Waals surface area (Å²) in [7, 11) is 1.27. The summed E-state index contributed by atoms with van der Waals surface area (Å²) in [4.78, 5) is 37.7. The van der Waals surface area contributed by atoms with Crippen molar-refractivity contribution in [3.8, 4) is 0 Å². The first kappa shape index (κ1) is 16.7. The maximum Gasteiger partial charge on any atom is 0.337 e. The first-order chi connectivity index (χ1) is 12.9. The average molecular weight is 367 g/mol. The van der Waals surface area contributed by atoms with Gasteiger partial charge in [0.25, 0.3) is 11.6 Å². The third-order valence-electron chi connectivity index (χ3n) is 4.67. The van der Waals surface area contributed by atoms with E-state index in [4.69, 9.17) is 0 Å². The molecule has 1 atom stereocenters. The molecule has 0 saturated heterocycles. The van der Waals surface area contributed by atoms with Gasteiger partial charge in [-0.05, 0) is 18.2 Å². The zero-order valence-electron chi connectivity index (χ0n) is 14.0. The number of hydrogen-bond acceptors (Lipinski definition) is 6. The van der Waals surface area contributed by atoms with Crippen molar-refractivity contribution in [2.24, 2.45) is 0 Å². The Labute approximate surface area is 151 Å². The fourth-order valence-electron chi connectivity index (χ4n) is 3.33. The summed E-state index contributed by atoms with van der Waals surface area (Å²) >= 11 is 0. The zero-order chi connectivity index (χ0) is 19.3. The Morgan fingerprint density at radius 1 is 1.22 bits per heavy atom. The monoisotopic (exact) mass is 367 g/mol. The highest BCUT2D eigenvalue weighted by Gasteiger charge is 2.49. The van der Waals surface area contributed by atoms with E-state index in [9.17, 15) is 24.8 Å². The molecule has 1 aromatic heterocycles. The second-order valence-corrected chi connectivity index (χ2v) is 6.11. The molecule has 0 fully saturated rings. The standard InChI is InChI=1S/C18H13N3O6/c1-27-16(22)9-2-4-11-13(8-19-15(11)6-9)18(24)12-7-10(21(25)26)3-5-14(12)20-17(18)23/h2-8,19,24H,1H3,(H,20,23). The molecule has 0 radical (unpaired) electrons. The van der Waals surface area contributed by atoms with E-state index < -0.39 is 22.4 Å². The normalized spacial score (nSPS) is 18.2. The molecule has 27 heavy (non-hydrogen) atoms. The molecule has 3 N–H and O–H groups in total. The lowest BCUT2D eigenvalue weighted by Crippen LogP contribution is -2.35. The van der Waals surface area contributed by atoms with Gasteiger partial charge in [-0.15, -0.1) is 0 Å². The number of carbonyl (C=O) groups is 2. The van der Waals surface area contributed by atoms with Crippen LogP contribution in [0.4, 0.5) is 11.4 Å². The molecule has 9 nitrogen and oxygen atoms in total. The Bertz CT molecular complexity index is 1140. The van der Waals surface area contributed by atoms with Gasteiger partial charge in [-0.3, -0.25) is 14.9 Å². The molecule has 0 saturated carbocycles. The van der Waals surface area contributed by atoms with Gasteiger partial charge in [-0.25, -0.2) is 4.79 Å². The third kappa shape index (κ3) is 2.29. The number of hydrogen-bond donors (Lipinski definition) is 3. The van der Waals surface area contributed by atoms with Crippen molar-refractivity contribution in [1.82, 2.24) is 4.98 Å². The van der Waals surface area contributed by atoms with Gasteiger partial charge in [0.2, 0.25) is 0 Å². The topological polar surface area (TPSA) is 135 Å². The van der Waals surface area contributed by atoms with Crippen molar-refractivity contribution in [3.63, 3.8) is 0 Å². The summed E-state index contributed by atoms with van der Waals surface area (Å²) in [5, 5.41) is 25.4. The molecule has 1 aliphatic heterocycles. The molecule has 136 valence electrons. The largest absolute Gasteiger partial charge is 0.465 e. The zero-order valence-corrected chi connectivity index (χ0v) is 14.0. The van der Waals surface area contributed by atoms with Gasteiger partial charge in [-0.1, -0.05) is 6.07 Å². The van der Waals surface area contributed by atoms with Crippen LogP contribution in [0.5, 0.6) is 0 Å². The number of benzene rings is 2. The third-order valence-corrected chi connectivity index (χ3v) is 4.67. The van der Waals surface area contributed by atoms with Crippen LogP contribution in [0.25, 0.3) is 10.9 Å². The molecule has 2 aromatic carbocycles. The first-order valence-electron chi connectivity index (χ1n) is 7.89. The Morgan fingerprint density at radius 3 is 2.70 bits per heavy atom. The van der Waals surface area contributed by atoms with E-state index in [0.29, 0.717) is 22.2 Å². The fourth-order valence-corrected chi connectivity index (χ4v) is 3.33. The van der Waals surface area contributed by atoms with Crippen LogP contribution in [0.15, 0.2) is 42.6 Å². The van der Waals surface area contributed by atoms with E-state index in [2.05, 4.69) is 15.0 Å². The summed E-state index contributed by atoms with van der Waals surface area (Å²) in [6, 6.07) is 8.43. The smallest absolute Gasteiger partial charge is 0.337 e. The lowest BCUT2D eigenvalue weighted by Gasteiger charge is -2.20. The second kappa shape index (κ2) is 5.64. The molecule has 1 amide bonds. The first-order valence-corrected chi connectivity index (χ1v) is 7.89. The Balaban J connectivity index is 1.91. The average Bonchev–Trinajstić information content (AvgIpc) is 3.20. The summed E-state index contributed by atoms with van der Waals surface area (Å²) in [6.45, 7) is 0. The number of nitrogens with zero attached hydrogens (tertiary/aromatic N) is 1. The highest BCUT2D eigenvalue weighted by Crippen LogP contribution is 2.44. The number of carbonyl (C=O) groups excluding carboxylic acids is 2. The molecule has 3 aromatic rings. The second-order valence-electron chi connectivity index (χ2n) is 6.11. The van der Waals surface area contributed by atoms with Crippen molar-refractivity contribution in [2.75, 3.05) is 12.4 Å². The Hall–Kier alpha value is -3.72. The summed E-state index contributed by atoms with van der Waals surface area (Å²) < 4.78 is 4.68. The van der Waals surface area contributed by atoms with Crippen LogP contribution in [0.2, 0.25) is 0 Å². The molecular weight excluding hydrogens is 354 g/mol. The lowest BCUT2D eigenvalue weighted by molar-refractivity contribution is -0.385. The fraction of sp³-hybridized carbons (Fsp3) is 0.111.